The van der Waals surface area contributed by atoms with Gasteiger partial charge in [-0.3, -0.25) is 13.9 Å². The summed E-state index contributed by atoms with van der Waals surface area (Å²) in [5.41, 5.74) is 0.915. The molecule has 7 nitrogen and oxygen atoms in total. The Morgan fingerprint density at radius 1 is 0.872 bits per heavy atom. The number of halogens is 2. The molecule has 3 aromatic rings. The van der Waals surface area contributed by atoms with E-state index >= 15 is 0 Å². The monoisotopic (exact) mass is 589 g/mol. The Labute approximate surface area is 240 Å². The minimum absolute atomic E-state index is 0.0325. The molecule has 10 heteroatoms. The normalized spacial score (nSPS) is 12.8. The van der Waals surface area contributed by atoms with Crippen molar-refractivity contribution in [2.24, 2.45) is 0 Å². The average Bonchev–Trinajstić information content (AvgIpc) is 2.93. The van der Waals surface area contributed by atoms with Crippen LogP contribution in [0.1, 0.15) is 39.2 Å². The van der Waals surface area contributed by atoms with Crippen molar-refractivity contribution in [1.82, 2.24) is 10.2 Å². The van der Waals surface area contributed by atoms with Crippen LogP contribution in [0.3, 0.4) is 0 Å². The number of anilines is 1. The standard InChI is InChI=1S/C29H33Cl2N3O4S/c1-4-21(3)32-29(36)27(5-2)33(19-22-11-9-10-14-26(22)31)28(35)20-34(24-17-15-23(30)16-18-24)39(37,38)25-12-7-6-8-13-25/h6-18,21,27H,4-5,19-20H2,1-3H3,(H,32,36)/t21-,27+/m1/s1. The number of amides is 2. The maximum atomic E-state index is 14.0. The SMILES string of the molecule is CC[C@@H](C)NC(=O)[C@H](CC)N(Cc1ccccc1Cl)C(=O)CN(c1ccc(Cl)cc1)S(=O)(=O)c1ccccc1. The minimum Gasteiger partial charge on any atom is -0.352 e. The van der Waals surface area contributed by atoms with E-state index in [2.05, 4.69) is 5.32 Å². The highest BCUT2D eigenvalue weighted by atomic mass is 35.5. The Bertz CT molecular complexity index is 1370. The van der Waals surface area contributed by atoms with Gasteiger partial charge in [-0.25, -0.2) is 8.42 Å². The van der Waals surface area contributed by atoms with Gasteiger partial charge in [0.25, 0.3) is 10.0 Å². The minimum atomic E-state index is -4.14. The van der Waals surface area contributed by atoms with Gasteiger partial charge < -0.3 is 10.2 Å². The van der Waals surface area contributed by atoms with Crippen molar-refractivity contribution >= 4 is 50.7 Å². The van der Waals surface area contributed by atoms with Crippen molar-refractivity contribution in [3.63, 3.8) is 0 Å². The summed E-state index contributed by atoms with van der Waals surface area (Å²) in [6.45, 7) is 5.16. The van der Waals surface area contributed by atoms with Gasteiger partial charge in [-0.15, -0.1) is 0 Å². The van der Waals surface area contributed by atoms with Crippen molar-refractivity contribution < 1.29 is 18.0 Å². The smallest absolute Gasteiger partial charge is 0.264 e. The molecule has 0 saturated carbocycles. The average molecular weight is 591 g/mol. The molecule has 3 aromatic carbocycles. The Hall–Kier alpha value is -3.07. The third-order valence-electron chi connectivity index (χ3n) is 6.41. The molecule has 0 bridgehead atoms. The molecule has 39 heavy (non-hydrogen) atoms. The number of carbonyl (C=O) groups is 2. The second-order valence-corrected chi connectivity index (χ2v) is 11.9. The Balaban J connectivity index is 2.05. The predicted molar refractivity (Wildman–Crippen MR) is 156 cm³/mol. The first-order valence-corrected chi connectivity index (χ1v) is 14.9. The second kappa shape index (κ2) is 13.8. The van der Waals surface area contributed by atoms with E-state index < -0.39 is 28.5 Å². The summed E-state index contributed by atoms with van der Waals surface area (Å²) in [5.74, 6) is -0.855. The molecule has 0 saturated heterocycles. The summed E-state index contributed by atoms with van der Waals surface area (Å²) in [4.78, 5) is 28.7. The van der Waals surface area contributed by atoms with Crippen molar-refractivity contribution in [3.05, 3.63) is 94.5 Å². The van der Waals surface area contributed by atoms with E-state index in [0.717, 1.165) is 10.7 Å². The summed E-state index contributed by atoms with van der Waals surface area (Å²) >= 11 is 12.5. The van der Waals surface area contributed by atoms with Gasteiger partial charge >= 0.3 is 0 Å². The number of rotatable bonds is 12. The second-order valence-electron chi connectivity index (χ2n) is 9.16. The van der Waals surface area contributed by atoms with Crippen LogP contribution in [0.2, 0.25) is 10.0 Å². The topological polar surface area (TPSA) is 86.8 Å². The summed E-state index contributed by atoms with van der Waals surface area (Å²) in [6, 6.07) is 20.2. The van der Waals surface area contributed by atoms with E-state index in [0.29, 0.717) is 22.0 Å². The van der Waals surface area contributed by atoms with Crippen LogP contribution in [-0.2, 0) is 26.2 Å². The van der Waals surface area contributed by atoms with Gasteiger partial charge in [0.15, 0.2) is 0 Å². The van der Waals surface area contributed by atoms with E-state index in [1.807, 2.05) is 20.8 Å². The lowest BCUT2D eigenvalue weighted by molar-refractivity contribution is -0.140. The Morgan fingerprint density at radius 2 is 1.49 bits per heavy atom. The highest BCUT2D eigenvalue weighted by molar-refractivity contribution is 7.92. The number of hydrogen-bond donors (Lipinski definition) is 1. The third-order valence-corrected chi connectivity index (χ3v) is 8.82. The zero-order chi connectivity index (χ0) is 28.6. The first-order chi connectivity index (χ1) is 18.6. The van der Waals surface area contributed by atoms with Gasteiger partial charge in [0.1, 0.15) is 12.6 Å². The van der Waals surface area contributed by atoms with Crippen LogP contribution in [0.5, 0.6) is 0 Å². The number of nitrogens with zero attached hydrogens (tertiary/aromatic N) is 2. The molecule has 1 N–H and O–H groups in total. The third kappa shape index (κ3) is 7.75. The van der Waals surface area contributed by atoms with Crippen LogP contribution in [0, 0.1) is 0 Å². The lowest BCUT2D eigenvalue weighted by Crippen LogP contribution is -2.53. The van der Waals surface area contributed by atoms with Crippen LogP contribution in [0.25, 0.3) is 0 Å². The summed E-state index contributed by atoms with van der Waals surface area (Å²) in [6.07, 6.45) is 1.05. The zero-order valence-corrected chi connectivity index (χ0v) is 24.5. The van der Waals surface area contributed by atoms with E-state index in [9.17, 15) is 18.0 Å². The van der Waals surface area contributed by atoms with Gasteiger partial charge in [0, 0.05) is 22.6 Å². The molecule has 0 heterocycles. The highest BCUT2D eigenvalue weighted by Crippen LogP contribution is 2.27. The fraction of sp³-hybridized carbons (Fsp3) is 0.310. The van der Waals surface area contributed by atoms with Gasteiger partial charge in [-0.1, -0.05) is 73.4 Å². The molecule has 0 unspecified atom stereocenters. The van der Waals surface area contributed by atoms with E-state index in [-0.39, 0.29) is 29.1 Å². The van der Waals surface area contributed by atoms with E-state index in [4.69, 9.17) is 23.2 Å². The molecule has 0 aromatic heterocycles. The van der Waals surface area contributed by atoms with Crippen LogP contribution in [0.4, 0.5) is 5.69 Å². The van der Waals surface area contributed by atoms with E-state index in [1.54, 1.807) is 66.7 Å². The molecule has 0 aliphatic heterocycles. The van der Waals surface area contributed by atoms with Crippen molar-refractivity contribution in [3.8, 4) is 0 Å². The van der Waals surface area contributed by atoms with Crippen molar-refractivity contribution in [2.75, 3.05) is 10.8 Å². The van der Waals surface area contributed by atoms with E-state index in [1.165, 1.54) is 17.0 Å². The molecule has 208 valence electrons. The van der Waals surface area contributed by atoms with Gasteiger partial charge in [-0.05, 0) is 67.8 Å². The molecule has 0 aliphatic carbocycles. The molecule has 2 amide bonds. The van der Waals surface area contributed by atoms with Crippen LogP contribution in [-0.4, -0.2) is 43.8 Å². The zero-order valence-electron chi connectivity index (χ0n) is 22.2. The Morgan fingerprint density at radius 3 is 2.08 bits per heavy atom. The summed E-state index contributed by atoms with van der Waals surface area (Å²) in [5, 5.41) is 3.82. The fourth-order valence-electron chi connectivity index (χ4n) is 4.03. The maximum Gasteiger partial charge on any atom is 0.264 e. The van der Waals surface area contributed by atoms with Crippen molar-refractivity contribution in [1.29, 1.82) is 0 Å². The quantitative estimate of drug-likeness (QED) is 0.284. The number of benzene rings is 3. The molecular formula is C29H33Cl2N3O4S. The molecule has 0 radical (unpaired) electrons. The van der Waals surface area contributed by atoms with Crippen molar-refractivity contribution in [2.45, 2.75) is 57.1 Å². The largest absolute Gasteiger partial charge is 0.352 e. The first-order valence-electron chi connectivity index (χ1n) is 12.7. The highest BCUT2D eigenvalue weighted by Gasteiger charge is 2.34. The summed E-state index contributed by atoms with van der Waals surface area (Å²) in [7, 11) is -4.14. The summed E-state index contributed by atoms with van der Waals surface area (Å²) < 4.78 is 28.6. The number of sulfonamides is 1. The predicted octanol–water partition coefficient (Wildman–Crippen LogP) is 5.91. The lowest BCUT2D eigenvalue weighted by atomic mass is 10.1. The molecule has 0 spiro atoms. The number of carbonyl (C=O) groups excluding carboxylic acids is 2. The molecular weight excluding hydrogens is 557 g/mol. The van der Waals surface area contributed by atoms with Gasteiger partial charge in [-0.2, -0.15) is 0 Å². The van der Waals surface area contributed by atoms with Crippen LogP contribution < -0.4 is 9.62 Å². The van der Waals surface area contributed by atoms with Crippen LogP contribution >= 0.6 is 23.2 Å². The first kappa shape index (κ1) is 30.5. The lowest BCUT2D eigenvalue weighted by Gasteiger charge is -2.34. The maximum absolute atomic E-state index is 14.0. The molecule has 0 aliphatic rings. The number of hydrogen-bond acceptors (Lipinski definition) is 4. The van der Waals surface area contributed by atoms with Gasteiger partial charge in [0.05, 0.1) is 10.6 Å². The molecule has 0 fully saturated rings. The Kier molecular flexibility index (Phi) is 10.8. The fourth-order valence-corrected chi connectivity index (χ4v) is 5.78. The van der Waals surface area contributed by atoms with Gasteiger partial charge in [0.2, 0.25) is 11.8 Å². The molecule has 3 rings (SSSR count). The van der Waals surface area contributed by atoms with Crippen LogP contribution in [0.15, 0.2) is 83.8 Å². The number of nitrogens with one attached hydrogen (secondary N) is 1. The molecule has 2 atom stereocenters.